The number of ether oxygens (including phenoxy) is 1. The zero-order valence-electron chi connectivity index (χ0n) is 16.7. The number of thiazole rings is 1. The molecule has 0 unspecified atom stereocenters. The van der Waals surface area contributed by atoms with E-state index in [0.717, 1.165) is 16.0 Å². The number of fused-ring (bicyclic) bond motifs is 1. The van der Waals surface area contributed by atoms with Gasteiger partial charge in [0.15, 0.2) is 5.13 Å². The predicted molar refractivity (Wildman–Crippen MR) is 122 cm³/mol. The normalized spacial score (nSPS) is 11.4. The van der Waals surface area contributed by atoms with Gasteiger partial charge >= 0.3 is 0 Å². The van der Waals surface area contributed by atoms with Crippen molar-refractivity contribution in [2.45, 2.75) is 13.8 Å². The molecule has 0 aliphatic rings. The SMILES string of the molecule is CCOc1ccc2nc(NC(=O)/C=C/c3c(C)nn(-c4ccc(F)cc4)c3Cl)sc2c1. The summed E-state index contributed by atoms with van der Waals surface area (Å²) in [4.78, 5) is 16.8. The van der Waals surface area contributed by atoms with E-state index in [1.165, 1.54) is 34.2 Å². The van der Waals surface area contributed by atoms with Gasteiger partial charge in [-0.3, -0.25) is 10.1 Å². The third-order valence-corrected chi connectivity index (χ3v) is 5.72. The van der Waals surface area contributed by atoms with E-state index in [4.69, 9.17) is 16.3 Å². The van der Waals surface area contributed by atoms with Crippen molar-refractivity contribution in [1.29, 1.82) is 0 Å². The number of carbonyl (C=O) groups is 1. The minimum atomic E-state index is -0.343. The van der Waals surface area contributed by atoms with Crippen LogP contribution in [0.1, 0.15) is 18.2 Å². The van der Waals surface area contributed by atoms with Crippen LogP contribution in [0.2, 0.25) is 5.15 Å². The first kappa shape index (κ1) is 21.0. The van der Waals surface area contributed by atoms with Crippen molar-refractivity contribution in [3.05, 3.63) is 70.8 Å². The van der Waals surface area contributed by atoms with Crippen LogP contribution >= 0.6 is 22.9 Å². The summed E-state index contributed by atoms with van der Waals surface area (Å²) in [5.41, 5.74) is 2.65. The molecule has 0 fully saturated rings. The molecule has 158 valence electrons. The second kappa shape index (κ2) is 8.87. The second-order valence-corrected chi connectivity index (χ2v) is 7.97. The Bertz CT molecular complexity index is 1280. The van der Waals surface area contributed by atoms with E-state index in [2.05, 4.69) is 15.4 Å². The first-order chi connectivity index (χ1) is 14.9. The molecule has 2 aromatic carbocycles. The van der Waals surface area contributed by atoms with Gasteiger partial charge in [0.05, 0.1) is 28.2 Å². The molecule has 0 saturated heterocycles. The summed E-state index contributed by atoms with van der Waals surface area (Å²) in [5, 5.41) is 7.97. The number of amides is 1. The molecule has 31 heavy (non-hydrogen) atoms. The Hall–Kier alpha value is -3.23. The van der Waals surface area contributed by atoms with Crippen LogP contribution in [-0.4, -0.2) is 27.3 Å². The second-order valence-electron chi connectivity index (χ2n) is 6.58. The highest BCUT2D eigenvalue weighted by Gasteiger charge is 2.13. The van der Waals surface area contributed by atoms with Crippen molar-refractivity contribution in [1.82, 2.24) is 14.8 Å². The fourth-order valence-electron chi connectivity index (χ4n) is 2.97. The Balaban J connectivity index is 1.50. The fourth-order valence-corrected chi connectivity index (χ4v) is 4.21. The fraction of sp³-hybridized carbons (Fsp3) is 0.136. The van der Waals surface area contributed by atoms with E-state index in [9.17, 15) is 9.18 Å². The summed E-state index contributed by atoms with van der Waals surface area (Å²) < 4.78 is 21.1. The van der Waals surface area contributed by atoms with Crippen LogP contribution < -0.4 is 10.1 Å². The first-order valence-electron chi connectivity index (χ1n) is 9.48. The molecule has 6 nitrogen and oxygen atoms in total. The van der Waals surface area contributed by atoms with Crippen molar-refractivity contribution in [2.75, 3.05) is 11.9 Å². The number of anilines is 1. The zero-order valence-corrected chi connectivity index (χ0v) is 18.3. The largest absolute Gasteiger partial charge is 0.494 e. The van der Waals surface area contributed by atoms with Crippen LogP contribution in [0.5, 0.6) is 5.75 Å². The number of benzene rings is 2. The summed E-state index contributed by atoms with van der Waals surface area (Å²) >= 11 is 7.81. The summed E-state index contributed by atoms with van der Waals surface area (Å²) in [6.07, 6.45) is 2.98. The topological polar surface area (TPSA) is 69.0 Å². The summed E-state index contributed by atoms with van der Waals surface area (Å²) in [6, 6.07) is 11.4. The van der Waals surface area contributed by atoms with Gasteiger partial charge in [0.2, 0.25) is 5.91 Å². The zero-order chi connectivity index (χ0) is 22.0. The van der Waals surface area contributed by atoms with Gasteiger partial charge in [0.1, 0.15) is 16.7 Å². The lowest BCUT2D eigenvalue weighted by molar-refractivity contribution is -0.111. The summed E-state index contributed by atoms with van der Waals surface area (Å²) in [7, 11) is 0. The Kier molecular flexibility index (Phi) is 6.01. The van der Waals surface area contributed by atoms with Gasteiger partial charge in [-0.25, -0.2) is 14.1 Å². The molecule has 0 atom stereocenters. The van der Waals surface area contributed by atoms with Gasteiger partial charge in [0.25, 0.3) is 0 Å². The van der Waals surface area contributed by atoms with Crippen LogP contribution in [0.25, 0.3) is 22.0 Å². The van der Waals surface area contributed by atoms with Crippen LogP contribution in [0, 0.1) is 12.7 Å². The number of rotatable bonds is 6. The van der Waals surface area contributed by atoms with Crippen LogP contribution in [0.15, 0.2) is 48.5 Å². The van der Waals surface area contributed by atoms with E-state index in [1.807, 2.05) is 25.1 Å². The number of halogens is 2. The van der Waals surface area contributed by atoms with E-state index in [0.29, 0.717) is 33.8 Å². The lowest BCUT2D eigenvalue weighted by Gasteiger charge is -2.02. The maximum atomic E-state index is 13.2. The maximum absolute atomic E-state index is 13.2. The molecule has 9 heteroatoms. The summed E-state index contributed by atoms with van der Waals surface area (Å²) in [5.74, 6) is 0.0818. The first-order valence-corrected chi connectivity index (χ1v) is 10.7. The molecule has 0 radical (unpaired) electrons. The quantitative estimate of drug-likeness (QED) is 0.381. The van der Waals surface area contributed by atoms with E-state index in [1.54, 1.807) is 25.1 Å². The number of nitrogens with zero attached hydrogens (tertiary/aromatic N) is 3. The number of carbonyl (C=O) groups excluding carboxylic acids is 1. The van der Waals surface area contributed by atoms with Crippen LogP contribution in [0.3, 0.4) is 0 Å². The Morgan fingerprint density at radius 3 is 2.81 bits per heavy atom. The highest BCUT2D eigenvalue weighted by molar-refractivity contribution is 7.22. The van der Waals surface area contributed by atoms with Gasteiger partial charge < -0.3 is 4.74 Å². The van der Waals surface area contributed by atoms with E-state index < -0.39 is 0 Å². The monoisotopic (exact) mass is 456 g/mol. The third-order valence-electron chi connectivity index (χ3n) is 4.42. The average Bonchev–Trinajstić information content (AvgIpc) is 3.26. The minimum Gasteiger partial charge on any atom is -0.494 e. The molecule has 0 bridgehead atoms. The van der Waals surface area contributed by atoms with Crippen molar-refractivity contribution >= 4 is 50.3 Å². The van der Waals surface area contributed by atoms with Crippen LogP contribution in [0.4, 0.5) is 9.52 Å². The third kappa shape index (κ3) is 4.60. The maximum Gasteiger partial charge on any atom is 0.250 e. The van der Waals surface area contributed by atoms with Crippen molar-refractivity contribution in [2.24, 2.45) is 0 Å². The average molecular weight is 457 g/mol. The molecule has 0 aliphatic heterocycles. The van der Waals surface area contributed by atoms with Gasteiger partial charge in [0, 0.05) is 11.6 Å². The lowest BCUT2D eigenvalue weighted by atomic mass is 10.2. The number of aryl methyl sites for hydroxylation is 1. The number of aromatic nitrogens is 3. The Morgan fingerprint density at radius 1 is 1.29 bits per heavy atom. The molecule has 4 aromatic rings. The lowest BCUT2D eigenvalue weighted by Crippen LogP contribution is -2.07. The highest BCUT2D eigenvalue weighted by Crippen LogP contribution is 2.29. The van der Waals surface area contributed by atoms with Crippen molar-refractivity contribution in [3.8, 4) is 11.4 Å². The molecule has 0 saturated carbocycles. The Labute approximate surface area is 186 Å². The van der Waals surface area contributed by atoms with Gasteiger partial charge in [-0.2, -0.15) is 5.10 Å². The minimum absolute atomic E-state index is 0.330. The standard InChI is InChI=1S/C22H18ClFN4O2S/c1-3-30-16-8-10-18-19(12-16)31-22(25-18)26-20(29)11-9-17-13(2)27-28(21(17)23)15-6-4-14(24)5-7-15/h4-12H,3H2,1-2H3,(H,25,26,29)/b11-9+. The molecule has 0 spiro atoms. The smallest absolute Gasteiger partial charge is 0.250 e. The van der Waals surface area contributed by atoms with Gasteiger partial charge in [-0.05, 0) is 62.4 Å². The molecule has 2 heterocycles. The van der Waals surface area contributed by atoms with Crippen molar-refractivity contribution in [3.63, 3.8) is 0 Å². The molecule has 1 N–H and O–H groups in total. The molecule has 0 aliphatic carbocycles. The molecular formula is C22H18ClFN4O2S. The number of nitrogens with one attached hydrogen (secondary N) is 1. The molecule has 2 aromatic heterocycles. The molecule has 4 rings (SSSR count). The number of hydrogen-bond acceptors (Lipinski definition) is 5. The van der Waals surface area contributed by atoms with Gasteiger partial charge in [-0.15, -0.1) is 0 Å². The van der Waals surface area contributed by atoms with Gasteiger partial charge in [-0.1, -0.05) is 22.9 Å². The molecular weight excluding hydrogens is 439 g/mol. The van der Waals surface area contributed by atoms with Crippen molar-refractivity contribution < 1.29 is 13.9 Å². The molecule has 1 amide bonds. The summed E-state index contributed by atoms with van der Waals surface area (Å²) in [6.45, 7) is 4.29. The van der Waals surface area contributed by atoms with E-state index in [-0.39, 0.29) is 11.7 Å². The number of hydrogen-bond donors (Lipinski definition) is 1. The van der Waals surface area contributed by atoms with Crippen LogP contribution in [-0.2, 0) is 4.79 Å². The highest BCUT2D eigenvalue weighted by atomic mass is 35.5. The Morgan fingerprint density at radius 2 is 2.06 bits per heavy atom. The van der Waals surface area contributed by atoms with E-state index >= 15 is 0 Å². The predicted octanol–water partition coefficient (Wildman–Crippen LogP) is 5.63.